The Balaban J connectivity index is 2.43. The predicted molar refractivity (Wildman–Crippen MR) is 78.6 cm³/mol. The molecule has 0 aliphatic rings. The molecule has 0 unspecified atom stereocenters. The van der Waals surface area contributed by atoms with E-state index in [4.69, 9.17) is 5.11 Å². The van der Waals surface area contributed by atoms with E-state index in [2.05, 4.69) is 27.5 Å². The first kappa shape index (κ1) is 16.4. The van der Waals surface area contributed by atoms with E-state index >= 15 is 0 Å². The second-order valence-electron chi connectivity index (χ2n) is 4.81. The van der Waals surface area contributed by atoms with Crippen LogP contribution in [0.2, 0.25) is 0 Å². The maximum absolute atomic E-state index is 11.2. The van der Waals surface area contributed by atoms with Crippen LogP contribution in [0.15, 0.2) is 6.07 Å². The normalized spacial score (nSPS) is 12.0. The van der Waals surface area contributed by atoms with Gasteiger partial charge in [-0.15, -0.1) is 0 Å². The van der Waals surface area contributed by atoms with Gasteiger partial charge in [0, 0.05) is 31.3 Å². The molecular weight excluding hydrogens is 256 g/mol. The summed E-state index contributed by atoms with van der Waals surface area (Å²) in [5, 5.41) is 14.8. The van der Waals surface area contributed by atoms with Crippen molar-refractivity contribution in [2.75, 3.05) is 18.4 Å². The summed E-state index contributed by atoms with van der Waals surface area (Å²) >= 11 is 0. The Kier molecular flexibility index (Phi) is 6.93. The van der Waals surface area contributed by atoms with E-state index in [1.54, 1.807) is 0 Å². The third kappa shape index (κ3) is 5.97. The minimum Gasteiger partial charge on any atom is -0.384 e. The zero-order valence-electron chi connectivity index (χ0n) is 12.4. The Morgan fingerprint density at radius 2 is 2.15 bits per heavy atom. The summed E-state index contributed by atoms with van der Waals surface area (Å²) in [6.07, 6.45) is 2.10. The number of nitrogens with one attached hydrogen (secondary N) is 2. The van der Waals surface area contributed by atoms with E-state index in [1.165, 1.54) is 6.92 Å². The molecule has 1 heterocycles. The lowest BCUT2D eigenvalue weighted by atomic mass is 10.2. The minimum absolute atomic E-state index is 0.366. The van der Waals surface area contributed by atoms with Crippen LogP contribution in [0.1, 0.15) is 38.2 Å². The minimum atomic E-state index is -0.975. The van der Waals surface area contributed by atoms with E-state index < -0.39 is 6.10 Å². The molecule has 1 rings (SSSR count). The maximum Gasteiger partial charge on any atom is 0.248 e. The maximum atomic E-state index is 11.2. The van der Waals surface area contributed by atoms with Crippen LogP contribution < -0.4 is 10.6 Å². The highest BCUT2D eigenvalue weighted by atomic mass is 16.3. The van der Waals surface area contributed by atoms with Crippen LogP contribution in [0.5, 0.6) is 0 Å². The number of nitrogens with zero attached hydrogens (tertiary/aromatic N) is 2. The summed E-state index contributed by atoms with van der Waals surface area (Å²) in [6, 6.07) is 1.88. The number of amides is 1. The molecular formula is C14H24N4O2. The van der Waals surface area contributed by atoms with Crippen molar-refractivity contribution in [3.05, 3.63) is 17.6 Å². The fourth-order valence-corrected chi connectivity index (χ4v) is 1.69. The number of hydrogen-bond acceptors (Lipinski definition) is 5. The van der Waals surface area contributed by atoms with E-state index in [0.29, 0.717) is 13.1 Å². The molecule has 1 aromatic rings. The predicted octanol–water partition coefficient (Wildman–Crippen LogP) is 1.04. The molecule has 1 aromatic heterocycles. The highest BCUT2D eigenvalue weighted by Gasteiger charge is 2.07. The fraction of sp³-hybridized carbons (Fsp3) is 0.643. The molecule has 0 bridgehead atoms. The number of anilines is 1. The highest BCUT2D eigenvalue weighted by Crippen LogP contribution is 2.08. The number of aliphatic hydroxyl groups is 1. The largest absolute Gasteiger partial charge is 0.384 e. The summed E-state index contributed by atoms with van der Waals surface area (Å²) in [4.78, 5) is 20.0. The van der Waals surface area contributed by atoms with Gasteiger partial charge >= 0.3 is 0 Å². The van der Waals surface area contributed by atoms with Crippen molar-refractivity contribution in [2.24, 2.45) is 0 Å². The molecule has 112 valence electrons. The number of rotatable bonds is 8. The molecule has 0 radical (unpaired) electrons. The summed E-state index contributed by atoms with van der Waals surface area (Å²) in [6.45, 7) is 6.52. The Morgan fingerprint density at radius 1 is 1.40 bits per heavy atom. The molecule has 0 saturated carbocycles. The number of aromatic nitrogens is 2. The SMILES string of the molecule is CCCCc1nc(C)cc(NCCNC(=O)[C@@H](C)O)n1. The summed E-state index contributed by atoms with van der Waals surface area (Å²) in [5.41, 5.74) is 0.932. The number of carbonyl (C=O) groups is 1. The molecule has 0 fully saturated rings. The molecule has 1 atom stereocenters. The average Bonchev–Trinajstić information content (AvgIpc) is 2.40. The van der Waals surface area contributed by atoms with Crippen LogP contribution in [0.25, 0.3) is 0 Å². The molecule has 0 aromatic carbocycles. The summed E-state index contributed by atoms with van der Waals surface area (Å²) in [5.74, 6) is 1.26. The van der Waals surface area contributed by atoms with Crippen LogP contribution in [0, 0.1) is 6.92 Å². The molecule has 20 heavy (non-hydrogen) atoms. The molecule has 0 aliphatic heterocycles. The number of carbonyl (C=O) groups excluding carboxylic acids is 1. The third-order valence-corrected chi connectivity index (χ3v) is 2.76. The molecule has 0 spiro atoms. The number of aryl methyl sites for hydroxylation is 2. The van der Waals surface area contributed by atoms with Gasteiger partial charge in [-0.3, -0.25) is 4.79 Å². The van der Waals surface area contributed by atoms with Crippen LogP contribution >= 0.6 is 0 Å². The Labute approximate surface area is 120 Å². The van der Waals surface area contributed by atoms with Crippen molar-refractivity contribution in [2.45, 2.75) is 46.1 Å². The van der Waals surface area contributed by atoms with Crippen LogP contribution in [-0.2, 0) is 11.2 Å². The Bertz CT molecular complexity index is 435. The van der Waals surface area contributed by atoms with E-state index in [-0.39, 0.29) is 5.91 Å². The highest BCUT2D eigenvalue weighted by molar-refractivity contribution is 5.79. The van der Waals surface area contributed by atoms with Crippen molar-refractivity contribution in [1.29, 1.82) is 0 Å². The van der Waals surface area contributed by atoms with Gasteiger partial charge in [0.2, 0.25) is 5.91 Å². The van der Waals surface area contributed by atoms with Gasteiger partial charge in [-0.2, -0.15) is 0 Å². The molecule has 6 heteroatoms. The van der Waals surface area contributed by atoms with Crippen LogP contribution in [0.3, 0.4) is 0 Å². The third-order valence-electron chi connectivity index (χ3n) is 2.76. The average molecular weight is 280 g/mol. The standard InChI is InChI=1S/C14H24N4O2/c1-4-5-6-12-17-10(2)9-13(18-12)15-7-8-16-14(20)11(3)19/h9,11,19H,4-8H2,1-3H3,(H,16,20)(H,15,17,18)/t11-/m1/s1. The number of unbranched alkanes of at least 4 members (excludes halogenated alkanes) is 1. The van der Waals surface area contributed by atoms with Crippen molar-refractivity contribution >= 4 is 11.7 Å². The van der Waals surface area contributed by atoms with Gasteiger partial charge in [-0.05, 0) is 20.3 Å². The topological polar surface area (TPSA) is 87.1 Å². The van der Waals surface area contributed by atoms with Gasteiger partial charge in [0.1, 0.15) is 17.7 Å². The molecule has 6 nitrogen and oxygen atoms in total. The van der Waals surface area contributed by atoms with Crippen molar-refractivity contribution in [1.82, 2.24) is 15.3 Å². The van der Waals surface area contributed by atoms with Gasteiger partial charge in [0.05, 0.1) is 0 Å². The second kappa shape index (κ2) is 8.47. The zero-order chi connectivity index (χ0) is 15.0. The lowest BCUT2D eigenvalue weighted by Crippen LogP contribution is -2.35. The van der Waals surface area contributed by atoms with E-state index in [1.807, 2.05) is 13.0 Å². The lowest BCUT2D eigenvalue weighted by Gasteiger charge is -2.10. The smallest absolute Gasteiger partial charge is 0.248 e. The fourth-order valence-electron chi connectivity index (χ4n) is 1.69. The first-order valence-corrected chi connectivity index (χ1v) is 7.07. The lowest BCUT2D eigenvalue weighted by molar-refractivity contribution is -0.128. The zero-order valence-corrected chi connectivity index (χ0v) is 12.4. The Hall–Kier alpha value is -1.69. The quantitative estimate of drug-likeness (QED) is 0.619. The van der Waals surface area contributed by atoms with Crippen LogP contribution in [0.4, 0.5) is 5.82 Å². The molecule has 1 amide bonds. The molecule has 0 aliphatic carbocycles. The molecule has 3 N–H and O–H groups in total. The van der Waals surface area contributed by atoms with Crippen molar-refractivity contribution < 1.29 is 9.90 Å². The van der Waals surface area contributed by atoms with Gasteiger partial charge in [-0.1, -0.05) is 13.3 Å². The van der Waals surface area contributed by atoms with Gasteiger partial charge < -0.3 is 15.7 Å². The number of hydrogen-bond donors (Lipinski definition) is 3. The summed E-state index contributed by atoms with van der Waals surface area (Å²) < 4.78 is 0. The monoisotopic (exact) mass is 280 g/mol. The van der Waals surface area contributed by atoms with Gasteiger partial charge in [-0.25, -0.2) is 9.97 Å². The Morgan fingerprint density at radius 3 is 2.80 bits per heavy atom. The van der Waals surface area contributed by atoms with Crippen molar-refractivity contribution in [3.63, 3.8) is 0 Å². The molecule has 0 saturated heterocycles. The van der Waals surface area contributed by atoms with E-state index in [9.17, 15) is 4.79 Å². The second-order valence-corrected chi connectivity index (χ2v) is 4.81. The van der Waals surface area contributed by atoms with Gasteiger partial charge in [0.25, 0.3) is 0 Å². The summed E-state index contributed by atoms with van der Waals surface area (Å²) in [7, 11) is 0. The first-order valence-electron chi connectivity index (χ1n) is 7.07. The van der Waals surface area contributed by atoms with Gasteiger partial charge in [0.15, 0.2) is 0 Å². The van der Waals surface area contributed by atoms with E-state index in [0.717, 1.165) is 36.6 Å². The van der Waals surface area contributed by atoms with Crippen molar-refractivity contribution in [3.8, 4) is 0 Å². The number of aliphatic hydroxyl groups excluding tert-OH is 1. The van der Waals surface area contributed by atoms with Crippen LogP contribution in [-0.4, -0.2) is 40.2 Å². The first-order chi connectivity index (χ1) is 9.52.